The van der Waals surface area contributed by atoms with Crippen LogP contribution in [0.5, 0.6) is 5.75 Å². The van der Waals surface area contributed by atoms with Gasteiger partial charge >= 0.3 is 0 Å². The molecule has 0 saturated carbocycles. The number of methoxy groups -OCH3 is 1. The van der Waals surface area contributed by atoms with Gasteiger partial charge in [-0.05, 0) is 66.9 Å². The van der Waals surface area contributed by atoms with E-state index in [1.54, 1.807) is 16.9 Å². The van der Waals surface area contributed by atoms with Crippen LogP contribution in [0.15, 0.2) is 17.8 Å². The Balaban J connectivity index is 2.53. The van der Waals surface area contributed by atoms with Crippen molar-refractivity contribution in [2.45, 2.75) is 33.6 Å². The second-order valence-corrected chi connectivity index (χ2v) is 6.39. The Morgan fingerprint density at radius 3 is 2.48 bits per heavy atom. The minimum absolute atomic E-state index is 0.0404. The highest BCUT2D eigenvalue weighted by atomic mass is 32.1. The molecule has 0 aliphatic carbocycles. The van der Waals surface area contributed by atoms with Crippen molar-refractivity contribution in [1.29, 1.82) is 0 Å². The molecule has 5 heteroatoms. The molecule has 0 spiro atoms. The zero-order valence-corrected chi connectivity index (χ0v) is 15.5. The average Bonchev–Trinajstić information content (AvgIpc) is 2.71. The lowest BCUT2D eigenvalue weighted by molar-refractivity contribution is -0.122. The lowest BCUT2D eigenvalue weighted by Gasteiger charge is -2.16. The predicted octanol–water partition coefficient (Wildman–Crippen LogP) is 3.55. The second kappa shape index (κ2) is 6.71. The third kappa shape index (κ3) is 3.11. The molecule has 1 fully saturated rings. The Morgan fingerprint density at radius 1 is 1.35 bits per heavy atom. The molecule has 1 saturated heterocycles. The summed E-state index contributed by atoms with van der Waals surface area (Å²) in [6, 6.07) is 4.13. The highest BCUT2D eigenvalue weighted by Crippen LogP contribution is 2.31. The van der Waals surface area contributed by atoms with Gasteiger partial charge in [0, 0.05) is 13.6 Å². The van der Waals surface area contributed by atoms with Gasteiger partial charge < -0.3 is 9.64 Å². The van der Waals surface area contributed by atoms with Crippen molar-refractivity contribution in [2.24, 2.45) is 0 Å². The number of ether oxygens (including phenoxy) is 1. The summed E-state index contributed by atoms with van der Waals surface area (Å²) in [5.41, 5.74) is 3.83. The molecule has 2 rings (SSSR count). The minimum Gasteiger partial charge on any atom is -0.496 e. The van der Waals surface area contributed by atoms with E-state index < -0.39 is 0 Å². The van der Waals surface area contributed by atoms with Crippen molar-refractivity contribution in [3.63, 3.8) is 0 Å². The Bertz CT molecular complexity index is 680. The van der Waals surface area contributed by atoms with Crippen LogP contribution in [0.1, 0.15) is 43.4 Å². The summed E-state index contributed by atoms with van der Waals surface area (Å²) in [4.78, 5) is 15.9. The van der Waals surface area contributed by atoms with Crippen LogP contribution >= 0.6 is 12.2 Å². The molecule has 1 aromatic rings. The lowest BCUT2D eigenvalue weighted by Crippen LogP contribution is -2.30. The van der Waals surface area contributed by atoms with Gasteiger partial charge in [0.2, 0.25) is 0 Å². The SMILES string of the molecule is CCN1C(=O)C(=Cc2cc(C(C)C)c(OC)cc2C)N(C)C1=S. The van der Waals surface area contributed by atoms with E-state index >= 15 is 0 Å². The first-order valence-electron chi connectivity index (χ1n) is 7.81. The molecule has 124 valence electrons. The zero-order valence-electron chi connectivity index (χ0n) is 14.6. The number of aryl methyl sites for hydroxylation is 1. The molecule has 23 heavy (non-hydrogen) atoms. The molecule has 1 amide bonds. The summed E-state index contributed by atoms with van der Waals surface area (Å²) in [6.45, 7) is 8.79. The van der Waals surface area contributed by atoms with Crippen LogP contribution < -0.4 is 4.74 Å². The van der Waals surface area contributed by atoms with Gasteiger partial charge in [0.15, 0.2) is 5.11 Å². The van der Waals surface area contributed by atoms with E-state index in [0.717, 1.165) is 22.4 Å². The van der Waals surface area contributed by atoms with Gasteiger partial charge in [-0.3, -0.25) is 9.69 Å². The normalized spacial score (nSPS) is 16.9. The lowest BCUT2D eigenvalue weighted by atomic mass is 9.96. The minimum atomic E-state index is -0.0404. The third-order valence-corrected chi connectivity index (χ3v) is 4.69. The van der Waals surface area contributed by atoms with Crippen molar-refractivity contribution >= 4 is 29.3 Å². The van der Waals surface area contributed by atoms with Crippen molar-refractivity contribution in [3.8, 4) is 5.75 Å². The molecular formula is C18H24N2O2S. The highest BCUT2D eigenvalue weighted by molar-refractivity contribution is 7.80. The van der Waals surface area contributed by atoms with E-state index in [1.165, 1.54) is 0 Å². The topological polar surface area (TPSA) is 32.8 Å². The summed E-state index contributed by atoms with van der Waals surface area (Å²) >= 11 is 5.34. The Hall–Kier alpha value is -1.88. The molecule has 0 aromatic heterocycles. The van der Waals surface area contributed by atoms with Gasteiger partial charge in [-0.2, -0.15) is 0 Å². The summed E-state index contributed by atoms with van der Waals surface area (Å²) in [7, 11) is 3.52. The molecule has 1 aliphatic heterocycles. The van der Waals surface area contributed by atoms with Gasteiger partial charge in [-0.15, -0.1) is 0 Å². The van der Waals surface area contributed by atoms with Crippen LogP contribution in [-0.4, -0.2) is 41.5 Å². The summed E-state index contributed by atoms with van der Waals surface area (Å²) in [6.07, 6.45) is 1.92. The number of thiocarbonyl (C=S) groups is 1. The first-order chi connectivity index (χ1) is 10.8. The van der Waals surface area contributed by atoms with Crippen molar-refractivity contribution < 1.29 is 9.53 Å². The molecule has 0 N–H and O–H groups in total. The molecule has 0 radical (unpaired) electrons. The first kappa shape index (κ1) is 17.5. The van der Waals surface area contributed by atoms with Crippen LogP contribution in [0.2, 0.25) is 0 Å². The number of benzene rings is 1. The van der Waals surface area contributed by atoms with Crippen LogP contribution in [0.3, 0.4) is 0 Å². The zero-order chi connectivity index (χ0) is 17.3. The van der Waals surface area contributed by atoms with E-state index in [0.29, 0.717) is 23.3 Å². The maximum absolute atomic E-state index is 12.5. The van der Waals surface area contributed by atoms with Crippen LogP contribution in [0.25, 0.3) is 6.08 Å². The average molecular weight is 332 g/mol. The molecule has 1 aromatic carbocycles. The number of carbonyl (C=O) groups is 1. The number of nitrogens with zero attached hydrogens (tertiary/aromatic N) is 2. The molecule has 0 unspecified atom stereocenters. The number of rotatable bonds is 4. The van der Waals surface area contributed by atoms with E-state index in [9.17, 15) is 4.79 Å². The van der Waals surface area contributed by atoms with Crippen molar-refractivity contribution in [3.05, 3.63) is 34.5 Å². The molecule has 1 heterocycles. The maximum atomic E-state index is 12.5. The molecular weight excluding hydrogens is 308 g/mol. The molecule has 0 atom stereocenters. The van der Waals surface area contributed by atoms with Gasteiger partial charge in [0.25, 0.3) is 5.91 Å². The predicted molar refractivity (Wildman–Crippen MR) is 97.5 cm³/mol. The third-order valence-electron chi connectivity index (χ3n) is 4.19. The van der Waals surface area contributed by atoms with Gasteiger partial charge in [-0.25, -0.2) is 0 Å². The monoisotopic (exact) mass is 332 g/mol. The van der Waals surface area contributed by atoms with E-state index in [1.807, 2.05) is 33.0 Å². The first-order valence-corrected chi connectivity index (χ1v) is 8.22. The van der Waals surface area contributed by atoms with E-state index in [-0.39, 0.29) is 5.91 Å². The molecule has 4 nitrogen and oxygen atoms in total. The Morgan fingerprint density at radius 2 is 2.00 bits per heavy atom. The summed E-state index contributed by atoms with van der Waals surface area (Å²) in [5.74, 6) is 1.19. The van der Waals surface area contributed by atoms with Crippen LogP contribution in [0, 0.1) is 6.92 Å². The van der Waals surface area contributed by atoms with Gasteiger partial charge in [0.05, 0.1) is 7.11 Å². The van der Waals surface area contributed by atoms with E-state index in [4.69, 9.17) is 17.0 Å². The van der Waals surface area contributed by atoms with Crippen LogP contribution in [-0.2, 0) is 4.79 Å². The standard InChI is InChI=1S/C18H24N2O2S/c1-7-20-17(21)15(19(5)18(20)23)10-13-9-14(11(2)3)16(22-6)8-12(13)4/h8-11H,7H2,1-6H3. The Labute approximate surface area is 143 Å². The highest BCUT2D eigenvalue weighted by Gasteiger charge is 2.34. The fourth-order valence-electron chi connectivity index (χ4n) is 2.74. The molecule has 1 aliphatic rings. The molecule has 0 bridgehead atoms. The number of likely N-dealkylation sites (N-methyl/N-ethyl adjacent to an activating group) is 2. The fourth-order valence-corrected chi connectivity index (χ4v) is 3.05. The smallest absolute Gasteiger partial charge is 0.276 e. The maximum Gasteiger partial charge on any atom is 0.276 e. The quantitative estimate of drug-likeness (QED) is 0.623. The van der Waals surface area contributed by atoms with Gasteiger partial charge in [-0.1, -0.05) is 13.8 Å². The summed E-state index contributed by atoms with van der Waals surface area (Å²) in [5, 5.41) is 0.555. The van der Waals surface area contributed by atoms with Crippen molar-refractivity contribution in [2.75, 3.05) is 20.7 Å². The van der Waals surface area contributed by atoms with Crippen molar-refractivity contribution in [1.82, 2.24) is 9.80 Å². The summed E-state index contributed by atoms with van der Waals surface area (Å²) < 4.78 is 5.48. The number of amides is 1. The fraction of sp³-hybridized carbons (Fsp3) is 0.444. The Kier molecular flexibility index (Phi) is 5.09. The van der Waals surface area contributed by atoms with E-state index in [2.05, 4.69) is 19.9 Å². The number of hydrogen-bond donors (Lipinski definition) is 0. The van der Waals surface area contributed by atoms with Gasteiger partial charge in [0.1, 0.15) is 11.4 Å². The largest absolute Gasteiger partial charge is 0.496 e. The van der Waals surface area contributed by atoms with Crippen LogP contribution in [0.4, 0.5) is 0 Å². The number of carbonyl (C=O) groups excluding carboxylic acids is 1. The number of hydrogen-bond acceptors (Lipinski definition) is 3. The second-order valence-electron chi connectivity index (χ2n) is 6.03.